The first-order valence-electron chi connectivity index (χ1n) is 11.1. The molecule has 1 fully saturated rings. The largest absolute Gasteiger partial charge is 0.481 e. The van der Waals surface area contributed by atoms with Gasteiger partial charge in [-0.3, -0.25) is 9.35 Å². The number of hydrogen-bond acceptors (Lipinski definition) is 5. The second kappa shape index (κ2) is 10.4. The third-order valence-electron chi connectivity index (χ3n) is 5.94. The van der Waals surface area contributed by atoms with E-state index < -0.39 is 23.3 Å². The van der Waals surface area contributed by atoms with Crippen molar-refractivity contribution in [2.45, 2.75) is 26.3 Å². The van der Waals surface area contributed by atoms with E-state index in [9.17, 15) is 13.6 Å². The van der Waals surface area contributed by atoms with E-state index in [4.69, 9.17) is 9.52 Å². The zero-order valence-corrected chi connectivity index (χ0v) is 19.9. The topological polar surface area (TPSA) is 97.5 Å². The zero-order valence-electron chi connectivity index (χ0n) is 19.1. The molecule has 2 unspecified atom stereocenters. The molecule has 9 heteroatoms. The lowest BCUT2D eigenvalue weighted by molar-refractivity contribution is -0.139. The fraction of sp³-hybridized carbons (Fsp3) is 0.320. The number of carboxylic acid groups (broad SMARTS) is 1. The molecule has 0 saturated carbocycles. The Labute approximate surface area is 201 Å². The maximum Gasteiger partial charge on any atom is 0.305 e. The van der Waals surface area contributed by atoms with Crippen LogP contribution in [0.1, 0.15) is 30.2 Å². The van der Waals surface area contributed by atoms with Gasteiger partial charge < -0.3 is 14.4 Å². The molecule has 1 aromatic heterocycles. The summed E-state index contributed by atoms with van der Waals surface area (Å²) in [5, 5.41) is 11.9. The Balaban J connectivity index is 1.40. The highest BCUT2D eigenvalue weighted by atomic mass is 32.2. The summed E-state index contributed by atoms with van der Waals surface area (Å²) in [4.78, 5) is 13.2. The number of nitrogens with zero attached hydrogens (tertiary/aromatic N) is 3. The molecular weight excluding hydrogens is 454 g/mol. The number of para-hydroxylation sites is 1. The van der Waals surface area contributed by atoms with Crippen LogP contribution < -0.4 is 4.90 Å². The van der Waals surface area contributed by atoms with Crippen LogP contribution in [-0.4, -0.2) is 61.5 Å². The average Bonchev–Trinajstić information content (AvgIpc) is 3.13. The summed E-state index contributed by atoms with van der Waals surface area (Å²) in [5.41, 5.74) is 3.79. The molecule has 4 rings (SSSR count). The fourth-order valence-electron chi connectivity index (χ4n) is 4.19. The Kier molecular flexibility index (Phi) is 7.34. The van der Waals surface area contributed by atoms with Gasteiger partial charge in [-0.25, -0.2) is 9.22 Å². The number of piperazine rings is 1. The van der Waals surface area contributed by atoms with Crippen molar-refractivity contribution in [1.82, 2.24) is 9.42 Å². The fourth-order valence-corrected chi connectivity index (χ4v) is 4.93. The monoisotopic (exact) mass is 481 g/mol. The highest BCUT2D eigenvalue weighted by Crippen LogP contribution is 2.24. The highest BCUT2D eigenvalue weighted by molar-refractivity contribution is 7.76. The minimum absolute atomic E-state index is 0.206. The molecule has 0 bridgehead atoms. The number of hydrogen-bond donors (Lipinski definition) is 2. The van der Waals surface area contributed by atoms with Crippen LogP contribution in [0.5, 0.6) is 0 Å². The van der Waals surface area contributed by atoms with Crippen LogP contribution in [0, 0.1) is 18.8 Å². The Morgan fingerprint density at radius 1 is 1.12 bits per heavy atom. The molecule has 2 N–H and O–H groups in total. The summed E-state index contributed by atoms with van der Waals surface area (Å²) in [6, 6.07) is 15.3. The van der Waals surface area contributed by atoms with Gasteiger partial charge in [-0.05, 0) is 50.1 Å². The van der Waals surface area contributed by atoms with E-state index in [1.165, 1.54) is 4.41 Å². The predicted molar refractivity (Wildman–Crippen MR) is 131 cm³/mol. The Morgan fingerprint density at radius 2 is 1.79 bits per heavy atom. The quantitative estimate of drug-likeness (QED) is 0.411. The van der Waals surface area contributed by atoms with Crippen molar-refractivity contribution in [3.63, 3.8) is 0 Å². The average molecular weight is 482 g/mol. The second-order valence-corrected chi connectivity index (χ2v) is 9.11. The minimum Gasteiger partial charge on any atom is -0.481 e. The van der Waals surface area contributed by atoms with Gasteiger partial charge in [0.15, 0.2) is 5.76 Å². The summed E-state index contributed by atoms with van der Waals surface area (Å²) >= 11 is -2.28. The van der Waals surface area contributed by atoms with Crippen LogP contribution in [-0.2, 0) is 16.1 Å². The zero-order chi connectivity index (χ0) is 24.2. The second-order valence-electron chi connectivity index (χ2n) is 8.27. The Morgan fingerprint density at radius 3 is 2.41 bits per heavy atom. The van der Waals surface area contributed by atoms with E-state index in [1.807, 2.05) is 55.5 Å². The molecule has 178 valence electrons. The van der Waals surface area contributed by atoms with E-state index in [0.717, 1.165) is 27.8 Å². The first-order chi connectivity index (χ1) is 16.3. The molecule has 1 aliphatic rings. The Hall–Kier alpha value is -3.16. The molecule has 1 saturated heterocycles. The van der Waals surface area contributed by atoms with Gasteiger partial charge in [-0.15, -0.1) is 4.41 Å². The lowest BCUT2D eigenvalue weighted by Gasteiger charge is -2.41. The van der Waals surface area contributed by atoms with Crippen molar-refractivity contribution >= 4 is 33.9 Å². The molecular formula is C25H27N3O5S. The van der Waals surface area contributed by atoms with Gasteiger partial charge in [0.1, 0.15) is 5.58 Å². The van der Waals surface area contributed by atoms with Crippen LogP contribution in [0.15, 0.2) is 52.9 Å². The first-order valence-corrected chi connectivity index (χ1v) is 12.1. The number of fused-ring (bicyclic) bond motifs is 1. The van der Waals surface area contributed by atoms with Gasteiger partial charge >= 0.3 is 5.97 Å². The molecule has 1 aliphatic heterocycles. The third kappa shape index (κ3) is 5.32. The third-order valence-corrected chi connectivity index (χ3v) is 6.85. The van der Waals surface area contributed by atoms with E-state index in [0.29, 0.717) is 31.9 Å². The predicted octanol–water partition coefficient (Wildman–Crippen LogP) is 3.48. The lowest BCUT2D eigenvalue weighted by Crippen LogP contribution is -2.57. The van der Waals surface area contributed by atoms with Crippen LogP contribution in [0.25, 0.3) is 11.0 Å². The number of carbonyl (C=O) groups is 1. The number of rotatable bonds is 6. The van der Waals surface area contributed by atoms with E-state index >= 15 is 0 Å². The van der Waals surface area contributed by atoms with Crippen LogP contribution in [0.3, 0.4) is 0 Å². The number of furan rings is 1. The van der Waals surface area contributed by atoms with Gasteiger partial charge in [0.05, 0.1) is 6.42 Å². The van der Waals surface area contributed by atoms with Gasteiger partial charge in [-0.2, -0.15) is 0 Å². The van der Waals surface area contributed by atoms with Crippen LogP contribution in [0.4, 0.5) is 5.69 Å². The number of anilines is 1. The number of carboxylic acids is 1. The first kappa shape index (κ1) is 24.0. The van der Waals surface area contributed by atoms with Crippen molar-refractivity contribution in [3.8, 4) is 11.8 Å². The van der Waals surface area contributed by atoms with Crippen molar-refractivity contribution in [2.75, 3.05) is 31.1 Å². The van der Waals surface area contributed by atoms with E-state index in [-0.39, 0.29) is 6.42 Å². The highest BCUT2D eigenvalue weighted by Gasteiger charge is 2.30. The van der Waals surface area contributed by atoms with Crippen molar-refractivity contribution in [3.05, 3.63) is 65.4 Å². The number of aliphatic carboxylic acids is 1. The summed E-state index contributed by atoms with van der Waals surface area (Å²) in [6.45, 7) is 5.98. The van der Waals surface area contributed by atoms with E-state index in [1.54, 1.807) is 11.9 Å². The molecule has 0 spiro atoms. The summed E-state index contributed by atoms with van der Waals surface area (Å²) < 4.78 is 28.6. The van der Waals surface area contributed by atoms with E-state index in [2.05, 4.69) is 16.7 Å². The lowest BCUT2D eigenvalue weighted by atomic mass is 10.1. The maximum absolute atomic E-state index is 11.8. The van der Waals surface area contributed by atoms with Crippen LogP contribution >= 0.6 is 0 Å². The van der Waals surface area contributed by atoms with Crippen molar-refractivity contribution in [1.29, 1.82) is 0 Å². The maximum atomic E-state index is 11.8. The standard InChI is InChI=1S/C25H27N3O5S/c1-18(17-25(29)30)28(34(31)32)27-15-13-26(14-16-27)21-10-7-20(8-11-21)9-12-23-19(2)22-5-3-4-6-24(22)33-23/h3-8,10-11,18H,13-17H2,1-2H3,(H,29,30)(H,31,32). The normalized spacial score (nSPS) is 16.3. The molecule has 2 atom stereocenters. The Bertz CT molecular complexity index is 1250. The molecule has 0 amide bonds. The minimum atomic E-state index is -2.28. The number of hydrazine groups is 1. The van der Waals surface area contributed by atoms with Gasteiger partial charge in [0.25, 0.3) is 0 Å². The summed E-state index contributed by atoms with van der Waals surface area (Å²) in [5.74, 6) is 5.97. The smallest absolute Gasteiger partial charge is 0.305 e. The molecule has 3 aromatic rings. The summed E-state index contributed by atoms with van der Waals surface area (Å²) in [6.07, 6.45) is -0.206. The van der Waals surface area contributed by atoms with Gasteiger partial charge in [0.2, 0.25) is 11.3 Å². The van der Waals surface area contributed by atoms with Gasteiger partial charge in [-0.1, -0.05) is 24.1 Å². The molecule has 2 heterocycles. The van der Waals surface area contributed by atoms with Crippen molar-refractivity contribution < 1.29 is 23.1 Å². The molecule has 0 radical (unpaired) electrons. The van der Waals surface area contributed by atoms with Gasteiger partial charge in [0, 0.05) is 54.4 Å². The summed E-state index contributed by atoms with van der Waals surface area (Å²) in [7, 11) is 0. The molecule has 0 aliphatic carbocycles. The SMILES string of the molecule is Cc1c(C#Cc2ccc(N3CCN(N(C(C)CC(=O)O)S(=O)O)CC3)cc2)oc2ccccc12. The number of benzene rings is 2. The van der Waals surface area contributed by atoms with Crippen LogP contribution in [0.2, 0.25) is 0 Å². The molecule has 8 nitrogen and oxygen atoms in total. The molecule has 2 aromatic carbocycles. The molecule has 34 heavy (non-hydrogen) atoms. The number of aryl methyl sites for hydroxylation is 1. The van der Waals surface area contributed by atoms with Crippen molar-refractivity contribution in [2.24, 2.45) is 0 Å².